The monoisotopic (exact) mass is 557 g/mol. The maximum atomic E-state index is 14.0. The van der Waals surface area contributed by atoms with Crippen molar-refractivity contribution in [2.75, 3.05) is 6.61 Å². The number of halogens is 6. The van der Waals surface area contributed by atoms with E-state index in [1.54, 1.807) is 18.2 Å². The third-order valence-corrected chi connectivity index (χ3v) is 5.72. The molecule has 0 bridgehead atoms. The number of nitrogens with one attached hydrogen (secondary N) is 1. The van der Waals surface area contributed by atoms with E-state index in [-0.39, 0.29) is 23.4 Å². The molecule has 0 aromatic heterocycles. The molecule has 2 aromatic carbocycles. The van der Waals surface area contributed by atoms with Gasteiger partial charge in [-0.25, -0.2) is 4.39 Å². The number of allylic oxidation sites excluding steroid dienone is 5. The minimum absolute atomic E-state index is 0.0319. The molecule has 1 amide bonds. The predicted molar refractivity (Wildman–Crippen MR) is 134 cm³/mol. The van der Waals surface area contributed by atoms with Crippen LogP contribution in [0, 0.1) is 5.82 Å². The van der Waals surface area contributed by atoms with E-state index in [9.17, 15) is 31.3 Å². The molecule has 0 aliphatic rings. The van der Waals surface area contributed by atoms with Crippen molar-refractivity contribution in [3.05, 3.63) is 94.0 Å². The van der Waals surface area contributed by atoms with Gasteiger partial charge in [-0.2, -0.15) is 22.5 Å². The number of ether oxygens (including phenoxy) is 2. The minimum Gasteiger partial charge on any atom is -0.435 e. The van der Waals surface area contributed by atoms with Crippen LogP contribution in [-0.2, 0) is 27.4 Å². The molecule has 2 rings (SSSR count). The first kappa shape index (κ1) is 31.5. The van der Waals surface area contributed by atoms with Crippen molar-refractivity contribution >= 4 is 11.5 Å². The molecule has 0 saturated heterocycles. The van der Waals surface area contributed by atoms with Crippen LogP contribution < -0.4 is 10.1 Å². The number of amides is 1. The summed E-state index contributed by atoms with van der Waals surface area (Å²) in [4.78, 5) is 14.6. The Morgan fingerprint density at radius 3 is 2.23 bits per heavy atom. The highest BCUT2D eigenvalue weighted by Gasteiger charge is 2.14. The van der Waals surface area contributed by atoms with Crippen molar-refractivity contribution in [2.45, 2.75) is 53.4 Å². The smallest absolute Gasteiger partial charge is 0.387 e. The zero-order chi connectivity index (χ0) is 28.9. The summed E-state index contributed by atoms with van der Waals surface area (Å²) in [5.74, 6) is -2.22. The van der Waals surface area contributed by atoms with E-state index in [0.717, 1.165) is 40.5 Å². The van der Waals surface area contributed by atoms with E-state index in [4.69, 9.17) is 0 Å². The normalized spacial score (nSPS) is 13.0. The molecule has 5 nitrogen and oxygen atoms in total. The molecule has 0 heterocycles. The van der Waals surface area contributed by atoms with Crippen LogP contribution in [0.15, 0.2) is 71.5 Å². The summed E-state index contributed by atoms with van der Waals surface area (Å²) in [6.45, 7) is -1.66. The molecule has 0 saturated carbocycles. The molecule has 1 N–H and O–H groups in total. The Kier molecular flexibility index (Phi) is 12.6. The molecule has 0 radical (unpaired) electrons. The molecule has 39 heavy (non-hydrogen) atoms. The highest BCUT2D eigenvalue weighted by atomic mass is 19.3. The second kappa shape index (κ2) is 15.6. The fourth-order valence-electron chi connectivity index (χ4n) is 3.49. The Bertz CT molecular complexity index is 1190. The Morgan fingerprint density at radius 1 is 0.974 bits per heavy atom. The molecule has 0 spiro atoms. The Hall–Kier alpha value is -3.73. The van der Waals surface area contributed by atoms with Crippen LogP contribution in [0.3, 0.4) is 0 Å². The van der Waals surface area contributed by atoms with Gasteiger partial charge in [-0.05, 0) is 77.3 Å². The molecule has 0 atom stereocenters. The summed E-state index contributed by atoms with van der Waals surface area (Å²) in [5, 5.41) is 2.50. The van der Waals surface area contributed by atoms with Crippen molar-refractivity contribution in [3.8, 4) is 5.75 Å². The molecule has 11 heteroatoms. The standard InChI is InChI=1S/C28H29F6NO4/c1-4-17(2)21(11-19-5-7-20(8-6-19)15-35-26(36)16-37-34)9-10-25(39-28(32)33)18(3)22-12-23(29)14-24(13-22)38-27(30)31/h5-10,12-14,27-28H,4,11,15-16H2,1-3H3,(H,35,36)/b10-9-,21-17-,25-18-. The van der Waals surface area contributed by atoms with Gasteiger partial charge in [-0.15, -0.1) is 0 Å². The molecule has 0 unspecified atom stereocenters. The number of carbonyl (C=O) groups is 1. The summed E-state index contributed by atoms with van der Waals surface area (Å²) in [5.41, 5.74) is 3.56. The van der Waals surface area contributed by atoms with Crippen molar-refractivity contribution in [2.24, 2.45) is 0 Å². The van der Waals surface area contributed by atoms with Gasteiger partial charge in [0.2, 0.25) is 5.91 Å². The molecule has 0 fully saturated rings. The van der Waals surface area contributed by atoms with Gasteiger partial charge in [0.25, 0.3) is 0 Å². The van der Waals surface area contributed by atoms with Crippen LogP contribution in [0.1, 0.15) is 43.9 Å². The largest absolute Gasteiger partial charge is 0.435 e. The lowest BCUT2D eigenvalue weighted by Crippen LogP contribution is -2.25. The predicted octanol–water partition coefficient (Wildman–Crippen LogP) is 7.44. The molecule has 0 aliphatic carbocycles. The summed E-state index contributed by atoms with van der Waals surface area (Å²) in [6, 6.07) is 10.1. The third-order valence-electron chi connectivity index (χ3n) is 5.72. The van der Waals surface area contributed by atoms with Crippen LogP contribution >= 0.6 is 0 Å². The average molecular weight is 558 g/mol. The lowest BCUT2D eigenvalue weighted by molar-refractivity contribution is -0.156. The molecule has 0 aliphatic heterocycles. The summed E-state index contributed by atoms with van der Waals surface area (Å²) < 4.78 is 86.4. The van der Waals surface area contributed by atoms with Crippen molar-refractivity contribution < 1.29 is 45.7 Å². The SMILES string of the molecule is CC/C(C)=C(/C=C\C(OC(F)F)=C(/C)c1cc(F)cc(OC(F)F)c1)Cc1ccc(CNC(=O)COF)cc1. The topological polar surface area (TPSA) is 56.8 Å². The zero-order valence-corrected chi connectivity index (χ0v) is 21.6. The van der Waals surface area contributed by atoms with E-state index in [1.807, 2.05) is 26.0 Å². The second-order valence-electron chi connectivity index (χ2n) is 8.44. The number of alkyl halides is 4. The Labute approximate surface area is 222 Å². The van der Waals surface area contributed by atoms with Gasteiger partial charge in [0.1, 0.15) is 17.3 Å². The van der Waals surface area contributed by atoms with Crippen LogP contribution in [0.25, 0.3) is 5.57 Å². The maximum Gasteiger partial charge on any atom is 0.387 e. The minimum atomic E-state index is -3.19. The average Bonchev–Trinajstić information content (AvgIpc) is 2.88. The van der Waals surface area contributed by atoms with Crippen LogP contribution in [0.5, 0.6) is 5.75 Å². The van der Waals surface area contributed by atoms with Gasteiger partial charge in [0.15, 0.2) is 6.61 Å². The fourth-order valence-corrected chi connectivity index (χ4v) is 3.49. The molecular formula is C28H29F6NO4. The highest BCUT2D eigenvalue weighted by molar-refractivity contribution is 5.77. The third kappa shape index (κ3) is 10.9. The van der Waals surface area contributed by atoms with Gasteiger partial charge >= 0.3 is 13.2 Å². The van der Waals surface area contributed by atoms with E-state index >= 15 is 0 Å². The van der Waals surface area contributed by atoms with E-state index in [2.05, 4.69) is 19.7 Å². The van der Waals surface area contributed by atoms with Crippen LogP contribution in [-0.4, -0.2) is 25.7 Å². The first-order valence-corrected chi connectivity index (χ1v) is 11.9. The number of benzene rings is 2. The van der Waals surface area contributed by atoms with E-state index in [0.29, 0.717) is 12.8 Å². The quantitative estimate of drug-likeness (QED) is 0.149. The number of hydrogen-bond acceptors (Lipinski definition) is 4. The van der Waals surface area contributed by atoms with Crippen molar-refractivity contribution in [1.82, 2.24) is 5.32 Å². The lowest BCUT2D eigenvalue weighted by atomic mass is 9.97. The number of carbonyl (C=O) groups excluding carboxylic acids is 1. The highest BCUT2D eigenvalue weighted by Crippen LogP contribution is 2.28. The van der Waals surface area contributed by atoms with Gasteiger partial charge in [0.05, 0.1) is 0 Å². The molecule has 2 aromatic rings. The second-order valence-corrected chi connectivity index (χ2v) is 8.44. The van der Waals surface area contributed by atoms with Crippen LogP contribution in [0.2, 0.25) is 0 Å². The maximum absolute atomic E-state index is 14.0. The summed E-state index contributed by atoms with van der Waals surface area (Å²) in [7, 11) is 0. The first-order chi connectivity index (χ1) is 18.5. The van der Waals surface area contributed by atoms with Gasteiger partial charge in [-0.1, -0.05) is 42.8 Å². The van der Waals surface area contributed by atoms with E-state index in [1.165, 1.54) is 13.0 Å². The number of hydrogen-bond donors (Lipinski definition) is 1. The lowest BCUT2D eigenvalue weighted by Gasteiger charge is -2.13. The van der Waals surface area contributed by atoms with Crippen molar-refractivity contribution in [1.29, 1.82) is 0 Å². The van der Waals surface area contributed by atoms with E-state index < -0.39 is 37.3 Å². The van der Waals surface area contributed by atoms with Gasteiger partial charge in [0, 0.05) is 12.6 Å². The Morgan fingerprint density at radius 2 is 1.64 bits per heavy atom. The van der Waals surface area contributed by atoms with Gasteiger partial charge < -0.3 is 14.8 Å². The Balaban J connectivity index is 2.32. The number of rotatable bonds is 14. The van der Waals surface area contributed by atoms with Crippen molar-refractivity contribution in [3.63, 3.8) is 0 Å². The molecular weight excluding hydrogens is 528 g/mol. The first-order valence-electron chi connectivity index (χ1n) is 11.9. The summed E-state index contributed by atoms with van der Waals surface area (Å²) >= 11 is 0. The fraction of sp³-hybridized carbons (Fsp3) is 0.321. The summed E-state index contributed by atoms with van der Waals surface area (Å²) in [6.07, 6.45) is 4.05. The van der Waals surface area contributed by atoms with Crippen LogP contribution in [0.4, 0.5) is 26.5 Å². The van der Waals surface area contributed by atoms with Gasteiger partial charge in [-0.3, -0.25) is 4.79 Å². The molecule has 212 valence electrons. The zero-order valence-electron chi connectivity index (χ0n) is 21.6.